The predicted molar refractivity (Wildman–Crippen MR) is 99.6 cm³/mol. The highest BCUT2D eigenvalue weighted by molar-refractivity contribution is 7.99. The summed E-state index contributed by atoms with van der Waals surface area (Å²) in [7, 11) is 0. The average Bonchev–Trinajstić information content (AvgIpc) is 2.46. The first-order valence-electron chi connectivity index (χ1n) is 8.44. The molecule has 0 aliphatic carbocycles. The molecule has 0 bridgehead atoms. The number of hydrogen-bond acceptors (Lipinski definition) is 4. The van der Waals surface area contributed by atoms with Gasteiger partial charge in [0.05, 0.1) is 0 Å². The third kappa shape index (κ3) is 10.3. The maximum absolute atomic E-state index is 11.5. The molecular weight excluding hydrogens is 322 g/mol. The van der Waals surface area contributed by atoms with Crippen LogP contribution in [0.5, 0.6) is 0 Å². The summed E-state index contributed by atoms with van der Waals surface area (Å²) in [4.78, 5) is 23.6. The summed E-state index contributed by atoms with van der Waals surface area (Å²) in [6, 6.07) is 8.49. The summed E-state index contributed by atoms with van der Waals surface area (Å²) < 4.78 is 5.19. The Bertz CT molecular complexity index is 520. The van der Waals surface area contributed by atoms with Crippen molar-refractivity contribution >= 4 is 23.6 Å². The van der Waals surface area contributed by atoms with Gasteiger partial charge in [-0.1, -0.05) is 12.1 Å². The molecule has 1 amide bonds. The van der Waals surface area contributed by atoms with Crippen LogP contribution in [0, 0.1) is 0 Å². The van der Waals surface area contributed by atoms with Crippen LogP contribution < -0.4 is 5.32 Å². The van der Waals surface area contributed by atoms with Crippen LogP contribution in [0.25, 0.3) is 0 Å². The van der Waals surface area contributed by atoms with E-state index in [-0.39, 0.29) is 11.9 Å². The summed E-state index contributed by atoms with van der Waals surface area (Å²) in [5.74, 6) is 1.07. The van der Waals surface area contributed by atoms with Gasteiger partial charge < -0.3 is 10.1 Å². The van der Waals surface area contributed by atoms with E-state index in [0.29, 0.717) is 13.0 Å². The first-order valence-corrected chi connectivity index (χ1v) is 9.43. The second kappa shape index (κ2) is 10.4. The van der Waals surface area contributed by atoms with E-state index < -0.39 is 5.60 Å². The number of alkyl carbamates (subject to hydrolysis) is 1. The largest absolute Gasteiger partial charge is 0.444 e. The predicted octanol–water partition coefficient (Wildman–Crippen LogP) is 4.61. The van der Waals surface area contributed by atoms with Crippen molar-refractivity contribution in [2.24, 2.45) is 0 Å². The highest BCUT2D eigenvalue weighted by atomic mass is 32.2. The van der Waals surface area contributed by atoms with Crippen LogP contribution in [0.4, 0.5) is 4.79 Å². The van der Waals surface area contributed by atoms with Crippen molar-refractivity contribution in [1.82, 2.24) is 5.32 Å². The fourth-order valence-corrected chi connectivity index (χ4v) is 2.98. The second-order valence-electron chi connectivity index (χ2n) is 6.83. The maximum Gasteiger partial charge on any atom is 0.407 e. The average molecular weight is 352 g/mol. The molecule has 0 saturated heterocycles. The number of amides is 1. The minimum absolute atomic E-state index is 0.235. The second-order valence-corrected chi connectivity index (χ2v) is 8.00. The van der Waals surface area contributed by atoms with E-state index in [0.717, 1.165) is 25.0 Å². The number of carbonyl (C=O) groups is 2. The van der Waals surface area contributed by atoms with Crippen LogP contribution in [-0.2, 0) is 16.0 Å². The molecule has 0 aliphatic rings. The number of ketones is 1. The van der Waals surface area contributed by atoms with Crippen LogP contribution in [-0.4, -0.2) is 29.8 Å². The molecule has 0 atom stereocenters. The molecule has 0 heterocycles. The third-order valence-corrected chi connectivity index (χ3v) is 4.22. The zero-order valence-corrected chi connectivity index (χ0v) is 16.0. The Balaban J connectivity index is 2.17. The van der Waals surface area contributed by atoms with Gasteiger partial charge in [0.2, 0.25) is 0 Å². The summed E-state index contributed by atoms with van der Waals surface area (Å²) >= 11 is 1.71. The number of Topliss-reactive ketones (excluding diaryl/α,β-unsaturated/α-hetero) is 1. The Kier molecular flexibility index (Phi) is 8.90. The summed E-state index contributed by atoms with van der Waals surface area (Å²) in [5, 5.41) is 2.77. The normalized spacial score (nSPS) is 11.2. The minimum Gasteiger partial charge on any atom is -0.444 e. The quantitative estimate of drug-likeness (QED) is 0.521. The molecule has 0 spiro atoms. The number of thioether (sulfide) groups is 1. The molecule has 0 aliphatic heterocycles. The highest BCUT2D eigenvalue weighted by Crippen LogP contribution is 2.20. The van der Waals surface area contributed by atoms with Crippen molar-refractivity contribution in [3.8, 4) is 0 Å². The van der Waals surface area contributed by atoms with Gasteiger partial charge in [-0.3, -0.25) is 4.79 Å². The van der Waals surface area contributed by atoms with Gasteiger partial charge >= 0.3 is 6.09 Å². The Hall–Kier alpha value is -1.49. The molecule has 1 aromatic carbocycles. The van der Waals surface area contributed by atoms with Crippen molar-refractivity contribution < 1.29 is 14.3 Å². The van der Waals surface area contributed by atoms with Crippen LogP contribution >= 0.6 is 11.8 Å². The molecular formula is C19H29NO3S. The fraction of sp³-hybridized carbons (Fsp3) is 0.579. The third-order valence-electron chi connectivity index (χ3n) is 3.21. The van der Waals surface area contributed by atoms with Crippen molar-refractivity contribution in [1.29, 1.82) is 0 Å². The molecule has 0 unspecified atom stereocenters. The van der Waals surface area contributed by atoms with Crippen LogP contribution in [0.2, 0.25) is 0 Å². The lowest BCUT2D eigenvalue weighted by Gasteiger charge is -2.19. The van der Waals surface area contributed by atoms with Crippen LogP contribution in [0.1, 0.15) is 52.5 Å². The zero-order valence-electron chi connectivity index (χ0n) is 15.2. The Morgan fingerprint density at radius 3 is 2.38 bits per heavy atom. The fourth-order valence-electron chi connectivity index (χ4n) is 2.02. The van der Waals surface area contributed by atoms with E-state index >= 15 is 0 Å². The van der Waals surface area contributed by atoms with Crippen molar-refractivity contribution in [3.05, 3.63) is 29.8 Å². The Labute approximate surface area is 149 Å². The molecule has 5 heteroatoms. The first-order chi connectivity index (χ1) is 11.3. The first kappa shape index (κ1) is 20.6. The van der Waals surface area contributed by atoms with Gasteiger partial charge in [-0.2, -0.15) is 0 Å². The Morgan fingerprint density at radius 1 is 1.12 bits per heavy atom. The summed E-state index contributed by atoms with van der Waals surface area (Å²) in [6.07, 6.45) is 3.21. The molecule has 1 N–H and O–H groups in total. The van der Waals surface area contributed by atoms with E-state index in [1.807, 2.05) is 20.8 Å². The van der Waals surface area contributed by atoms with E-state index in [4.69, 9.17) is 4.74 Å². The van der Waals surface area contributed by atoms with Gasteiger partial charge in [-0.15, -0.1) is 11.8 Å². The van der Waals surface area contributed by atoms with E-state index in [1.54, 1.807) is 18.7 Å². The van der Waals surface area contributed by atoms with Gasteiger partial charge in [0.25, 0.3) is 0 Å². The topological polar surface area (TPSA) is 55.4 Å². The molecule has 134 valence electrons. The number of carbonyl (C=O) groups excluding carboxylic acids is 2. The molecule has 1 aromatic rings. The monoisotopic (exact) mass is 351 g/mol. The maximum atomic E-state index is 11.5. The van der Waals surface area contributed by atoms with Crippen molar-refractivity contribution in [2.45, 2.75) is 63.9 Å². The zero-order chi connectivity index (χ0) is 18.0. The van der Waals surface area contributed by atoms with Crippen LogP contribution in [0.15, 0.2) is 29.2 Å². The van der Waals surface area contributed by atoms with E-state index in [2.05, 4.69) is 29.6 Å². The van der Waals surface area contributed by atoms with Gasteiger partial charge in [0.1, 0.15) is 11.4 Å². The number of rotatable bonds is 9. The summed E-state index contributed by atoms with van der Waals surface area (Å²) in [5.41, 5.74) is 0.844. The SMILES string of the molecule is CC(=O)CCSc1ccc(CCCCNC(=O)OC(C)(C)C)cc1. The lowest BCUT2D eigenvalue weighted by atomic mass is 10.1. The van der Waals surface area contributed by atoms with E-state index in [1.165, 1.54) is 10.5 Å². The number of ether oxygens (including phenoxy) is 1. The lowest BCUT2D eigenvalue weighted by molar-refractivity contribution is -0.116. The molecule has 0 aromatic heterocycles. The molecule has 24 heavy (non-hydrogen) atoms. The number of hydrogen-bond donors (Lipinski definition) is 1. The minimum atomic E-state index is -0.450. The summed E-state index contributed by atoms with van der Waals surface area (Å²) in [6.45, 7) is 7.83. The number of aryl methyl sites for hydroxylation is 1. The van der Waals surface area contributed by atoms with Gasteiger partial charge in [-0.25, -0.2) is 4.79 Å². The van der Waals surface area contributed by atoms with Crippen molar-refractivity contribution in [2.75, 3.05) is 12.3 Å². The molecule has 0 radical (unpaired) electrons. The van der Waals surface area contributed by atoms with Gasteiger partial charge in [0.15, 0.2) is 0 Å². The smallest absolute Gasteiger partial charge is 0.407 e. The number of nitrogens with one attached hydrogen (secondary N) is 1. The highest BCUT2D eigenvalue weighted by Gasteiger charge is 2.15. The molecule has 0 saturated carbocycles. The molecule has 0 fully saturated rings. The molecule has 1 rings (SSSR count). The number of unbranched alkanes of at least 4 members (excludes halogenated alkanes) is 1. The standard InChI is InChI=1S/C19H29NO3S/c1-15(21)12-14-24-17-10-8-16(9-11-17)7-5-6-13-20-18(22)23-19(2,3)4/h8-11H,5-7,12-14H2,1-4H3,(H,20,22). The van der Waals surface area contributed by atoms with Crippen molar-refractivity contribution in [3.63, 3.8) is 0 Å². The van der Waals surface area contributed by atoms with Gasteiger partial charge in [0, 0.05) is 23.6 Å². The lowest BCUT2D eigenvalue weighted by Crippen LogP contribution is -2.33. The van der Waals surface area contributed by atoms with Crippen LogP contribution in [0.3, 0.4) is 0 Å². The van der Waals surface area contributed by atoms with E-state index in [9.17, 15) is 9.59 Å². The molecule has 4 nitrogen and oxygen atoms in total. The Morgan fingerprint density at radius 2 is 1.79 bits per heavy atom. The number of benzene rings is 1. The van der Waals surface area contributed by atoms with Gasteiger partial charge in [-0.05, 0) is 64.7 Å².